The van der Waals surface area contributed by atoms with Crippen LogP contribution in [0.2, 0.25) is 5.02 Å². The Morgan fingerprint density at radius 1 is 1.38 bits per heavy atom. The summed E-state index contributed by atoms with van der Waals surface area (Å²) in [6.45, 7) is 4.58. The van der Waals surface area contributed by atoms with Gasteiger partial charge in [0.2, 0.25) is 0 Å². The molecule has 0 radical (unpaired) electrons. The zero-order chi connectivity index (χ0) is 11.5. The third kappa shape index (κ3) is 2.63. The molecule has 86 valence electrons. The maximum Gasteiger partial charge on any atom is 0.176 e. The smallest absolute Gasteiger partial charge is 0.176 e. The fourth-order valence-electron chi connectivity index (χ4n) is 2.05. The van der Waals surface area contributed by atoms with Gasteiger partial charge in [-0.2, -0.15) is 0 Å². The topological polar surface area (TPSA) is 20.3 Å². The largest absolute Gasteiger partial charge is 0.296 e. The van der Waals surface area contributed by atoms with Crippen LogP contribution in [0.3, 0.4) is 0 Å². The first-order valence-electron chi connectivity index (χ1n) is 5.68. The Hall–Kier alpha value is -0.860. The summed E-state index contributed by atoms with van der Waals surface area (Å²) >= 11 is 5.93. The molecule has 1 saturated heterocycles. The van der Waals surface area contributed by atoms with E-state index in [1.54, 1.807) is 6.07 Å². The molecule has 1 heterocycles. The van der Waals surface area contributed by atoms with E-state index in [9.17, 15) is 4.79 Å². The van der Waals surface area contributed by atoms with Gasteiger partial charge in [-0.1, -0.05) is 11.6 Å². The minimum atomic E-state index is 0.196. The zero-order valence-corrected chi connectivity index (χ0v) is 10.3. The molecule has 0 atom stereocenters. The van der Waals surface area contributed by atoms with E-state index in [2.05, 4.69) is 4.90 Å². The van der Waals surface area contributed by atoms with Gasteiger partial charge in [0.25, 0.3) is 0 Å². The van der Waals surface area contributed by atoms with Gasteiger partial charge in [-0.15, -0.1) is 0 Å². The number of carbonyl (C=O) groups is 1. The average molecular weight is 238 g/mol. The van der Waals surface area contributed by atoms with Gasteiger partial charge < -0.3 is 0 Å². The Bertz CT molecular complexity index is 397. The van der Waals surface area contributed by atoms with Crippen LogP contribution in [0.25, 0.3) is 0 Å². The standard InChI is InChI=1S/C13H16ClNO/c1-10-8-11(4-5-12(10)14)13(16)9-15-6-2-3-7-15/h4-5,8H,2-3,6-7,9H2,1H3. The first-order valence-corrected chi connectivity index (χ1v) is 6.06. The van der Waals surface area contributed by atoms with Crippen molar-refractivity contribution in [1.29, 1.82) is 0 Å². The highest BCUT2D eigenvalue weighted by Gasteiger charge is 2.16. The molecule has 1 aliphatic heterocycles. The van der Waals surface area contributed by atoms with Crippen molar-refractivity contribution in [2.24, 2.45) is 0 Å². The molecule has 1 aromatic carbocycles. The summed E-state index contributed by atoms with van der Waals surface area (Å²) in [5.41, 5.74) is 1.74. The van der Waals surface area contributed by atoms with E-state index < -0.39 is 0 Å². The molecular formula is C13H16ClNO. The lowest BCUT2D eigenvalue weighted by atomic mass is 10.1. The predicted octanol–water partition coefficient (Wildman–Crippen LogP) is 2.93. The third-order valence-corrected chi connectivity index (χ3v) is 3.47. The minimum Gasteiger partial charge on any atom is -0.296 e. The maximum atomic E-state index is 12.0. The molecule has 0 N–H and O–H groups in total. The fraction of sp³-hybridized carbons (Fsp3) is 0.462. The number of halogens is 1. The molecule has 0 aliphatic carbocycles. The molecule has 2 nitrogen and oxygen atoms in total. The Kier molecular flexibility index (Phi) is 3.62. The predicted molar refractivity (Wildman–Crippen MR) is 66.2 cm³/mol. The van der Waals surface area contributed by atoms with Gasteiger partial charge >= 0.3 is 0 Å². The molecule has 1 fully saturated rings. The Labute approximate surface area is 101 Å². The summed E-state index contributed by atoms with van der Waals surface area (Å²) in [6.07, 6.45) is 2.43. The summed E-state index contributed by atoms with van der Waals surface area (Å²) < 4.78 is 0. The first kappa shape index (κ1) is 11.6. The quantitative estimate of drug-likeness (QED) is 0.754. The molecule has 0 spiro atoms. The highest BCUT2D eigenvalue weighted by atomic mass is 35.5. The first-order chi connectivity index (χ1) is 7.66. The number of carbonyl (C=O) groups excluding carboxylic acids is 1. The molecule has 0 saturated carbocycles. The van der Waals surface area contributed by atoms with Crippen LogP contribution < -0.4 is 0 Å². The SMILES string of the molecule is Cc1cc(C(=O)CN2CCCC2)ccc1Cl. The summed E-state index contributed by atoms with van der Waals surface area (Å²) in [5.74, 6) is 0.196. The van der Waals surface area contributed by atoms with Crippen LogP contribution in [0.15, 0.2) is 18.2 Å². The molecule has 0 aromatic heterocycles. The molecule has 0 bridgehead atoms. The van der Waals surface area contributed by atoms with Crippen molar-refractivity contribution >= 4 is 17.4 Å². The van der Waals surface area contributed by atoms with E-state index in [4.69, 9.17) is 11.6 Å². The molecular weight excluding hydrogens is 222 g/mol. The van der Waals surface area contributed by atoms with Gasteiger partial charge in [0, 0.05) is 10.6 Å². The number of Topliss-reactive ketones (excluding diaryl/α,β-unsaturated/α-hetero) is 1. The number of ketones is 1. The molecule has 0 unspecified atom stereocenters. The van der Waals surface area contributed by atoms with Crippen LogP contribution in [0.1, 0.15) is 28.8 Å². The van der Waals surface area contributed by atoms with Crippen molar-refractivity contribution in [1.82, 2.24) is 4.90 Å². The second kappa shape index (κ2) is 4.98. The summed E-state index contributed by atoms with van der Waals surface area (Å²) in [6, 6.07) is 5.49. The average Bonchev–Trinajstić information content (AvgIpc) is 2.74. The minimum absolute atomic E-state index is 0.196. The Morgan fingerprint density at radius 3 is 2.69 bits per heavy atom. The van der Waals surface area contributed by atoms with Gasteiger partial charge in [0.05, 0.1) is 6.54 Å². The lowest BCUT2D eigenvalue weighted by Gasteiger charge is -2.13. The Balaban J connectivity index is 2.05. The van der Waals surface area contributed by atoms with Crippen LogP contribution >= 0.6 is 11.6 Å². The second-order valence-corrected chi connectivity index (χ2v) is 4.78. The summed E-state index contributed by atoms with van der Waals surface area (Å²) in [5, 5.41) is 0.720. The third-order valence-electron chi connectivity index (χ3n) is 3.05. The van der Waals surface area contributed by atoms with Crippen LogP contribution in [0.4, 0.5) is 0 Å². The van der Waals surface area contributed by atoms with Gasteiger partial charge in [-0.25, -0.2) is 0 Å². The molecule has 3 heteroatoms. The van der Waals surface area contributed by atoms with E-state index in [0.29, 0.717) is 6.54 Å². The number of benzene rings is 1. The van der Waals surface area contributed by atoms with Crippen LogP contribution in [-0.2, 0) is 0 Å². The number of aryl methyl sites for hydroxylation is 1. The molecule has 1 aromatic rings. The zero-order valence-electron chi connectivity index (χ0n) is 9.50. The van der Waals surface area contributed by atoms with Crippen LogP contribution in [0.5, 0.6) is 0 Å². The number of hydrogen-bond acceptors (Lipinski definition) is 2. The lowest BCUT2D eigenvalue weighted by Crippen LogP contribution is -2.26. The van der Waals surface area contributed by atoms with Gasteiger partial charge in [0.15, 0.2) is 5.78 Å². The second-order valence-electron chi connectivity index (χ2n) is 4.37. The van der Waals surface area contributed by atoms with Crippen molar-refractivity contribution in [2.75, 3.05) is 19.6 Å². The normalized spacial score (nSPS) is 16.6. The number of likely N-dealkylation sites (tertiary alicyclic amines) is 1. The van der Waals surface area contributed by atoms with Crippen LogP contribution in [0, 0.1) is 6.92 Å². The van der Waals surface area contributed by atoms with Gasteiger partial charge in [0.1, 0.15) is 0 Å². The fourth-order valence-corrected chi connectivity index (χ4v) is 2.17. The van der Waals surface area contributed by atoms with E-state index in [0.717, 1.165) is 29.2 Å². The van der Waals surface area contributed by atoms with E-state index in [-0.39, 0.29) is 5.78 Å². The number of rotatable bonds is 3. The summed E-state index contributed by atoms with van der Waals surface area (Å²) in [4.78, 5) is 14.2. The highest BCUT2D eigenvalue weighted by Crippen LogP contribution is 2.17. The molecule has 2 rings (SSSR count). The van der Waals surface area contributed by atoms with E-state index >= 15 is 0 Å². The summed E-state index contributed by atoms with van der Waals surface area (Å²) in [7, 11) is 0. The highest BCUT2D eigenvalue weighted by molar-refractivity contribution is 6.31. The molecule has 1 aliphatic rings. The Morgan fingerprint density at radius 2 is 2.06 bits per heavy atom. The van der Waals surface area contributed by atoms with E-state index in [1.807, 2.05) is 19.1 Å². The monoisotopic (exact) mass is 237 g/mol. The van der Waals surface area contributed by atoms with Crippen LogP contribution in [-0.4, -0.2) is 30.3 Å². The molecule has 16 heavy (non-hydrogen) atoms. The van der Waals surface area contributed by atoms with Crippen molar-refractivity contribution in [3.63, 3.8) is 0 Å². The van der Waals surface area contributed by atoms with E-state index in [1.165, 1.54) is 12.8 Å². The maximum absolute atomic E-state index is 12.0. The number of hydrogen-bond donors (Lipinski definition) is 0. The van der Waals surface area contributed by atoms with Gasteiger partial charge in [-0.3, -0.25) is 9.69 Å². The van der Waals surface area contributed by atoms with Crippen molar-refractivity contribution in [3.05, 3.63) is 34.3 Å². The van der Waals surface area contributed by atoms with Crippen molar-refractivity contribution < 1.29 is 4.79 Å². The van der Waals surface area contributed by atoms with Gasteiger partial charge in [-0.05, 0) is 56.6 Å². The van der Waals surface area contributed by atoms with Crippen molar-refractivity contribution in [3.8, 4) is 0 Å². The lowest BCUT2D eigenvalue weighted by molar-refractivity contribution is 0.0945. The van der Waals surface area contributed by atoms with Crippen molar-refractivity contribution in [2.45, 2.75) is 19.8 Å². The number of nitrogens with zero attached hydrogens (tertiary/aromatic N) is 1. The molecule has 0 amide bonds.